The highest BCUT2D eigenvalue weighted by Crippen LogP contribution is 2.29. The molecule has 1 aliphatic carbocycles. The normalized spacial score (nSPS) is 19.3. The number of hydrogen-bond donors (Lipinski definition) is 2. The molecule has 0 aromatic heterocycles. The molecule has 3 amide bonds. The van der Waals surface area contributed by atoms with Gasteiger partial charge in [0, 0.05) is 32.2 Å². The lowest BCUT2D eigenvalue weighted by Crippen LogP contribution is -2.34. The first-order chi connectivity index (χ1) is 12.4. The average molecular weight is 361 g/mol. The van der Waals surface area contributed by atoms with E-state index in [0.717, 1.165) is 5.56 Å². The minimum Gasteiger partial charge on any atom is -0.469 e. The van der Waals surface area contributed by atoms with Gasteiger partial charge in [0.1, 0.15) is 0 Å². The number of benzene rings is 1. The molecule has 0 bridgehead atoms. The lowest BCUT2D eigenvalue weighted by Gasteiger charge is -2.26. The zero-order valence-electron chi connectivity index (χ0n) is 15.6. The van der Waals surface area contributed by atoms with Crippen molar-refractivity contribution in [1.82, 2.24) is 10.2 Å². The van der Waals surface area contributed by atoms with Crippen molar-refractivity contribution in [3.05, 3.63) is 29.8 Å². The number of esters is 1. The number of hydrogen-bond acceptors (Lipinski definition) is 4. The van der Waals surface area contributed by atoms with Gasteiger partial charge in [-0.15, -0.1) is 0 Å². The SMILES string of the molecule is COC(=O)C1CCC(C(=O)NCc2cccc(NC(=O)N(C)C)c2)CC1. The molecule has 2 N–H and O–H groups in total. The first kappa shape index (κ1) is 19.8. The Morgan fingerprint density at radius 3 is 2.38 bits per heavy atom. The topological polar surface area (TPSA) is 87.7 Å². The second-order valence-corrected chi connectivity index (χ2v) is 6.81. The van der Waals surface area contributed by atoms with E-state index in [1.807, 2.05) is 18.2 Å². The molecule has 1 aromatic rings. The van der Waals surface area contributed by atoms with Crippen molar-refractivity contribution in [2.24, 2.45) is 11.8 Å². The maximum absolute atomic E-state index is 12.4. The number of nitrogens with one attached hydrogen (secondary N) is 2. The molecule has 0 radical (unpaired) electrons. The van der Waals surface area contributed by atoms with E-state index >= 15 is 0 Å². The lowest BCUT2D eigenvalue weighted by atomic mass is 9.81. The zero-order valence-corrected chi connectivity index (χ0v) is 15.6. The number of amides is 3. The van der Waals surface area contributed by atoms with Crippen molar-refractivity contribution in [2.45, 2.75) is 32.2 Å². The summed E-state index contributed by atoms with van der Waals surface area (Å²) in [5.74, 6) is -0.315. The third kappa shape index (κ3) is 5.47. The summed E-state index contributed by atoms with van der Waals surface area (Å²) in [5, 5.41) is 5.74. The second-order valence-electron chi connectivity index (χ2n) is 6.81. The summed E-state index contributed by atoms with van der Waals surface area (Å²) >= 11 is 0. The van der Waals surface area contributed by atoms with Crippen molar-refractivity contribution in [3.8, 4) is 0 Å². The van der Waals surface area contributed by atoms with E-state index in [1.54, 1.807) is 20.2 Å². The number of rotatable bonds is 5. The maximum Gasteiger partial charge on any atom is 0.321 e. The summed E-state index contributed by atoms with van der Waals surface area (Å²) in [6.07, 6.45) is 2.78. The van der Waals surface area contributed by atoms with Crippen LogP contribution in [0.5, 0.6) is 0 Å². The van der Waals surface area contributed by atoms with Crippen LogP contribution in [0.1, 0.15) is 31.2 Å². The first-order valence-electron chi connectivity index (χ1n) is 8.83. The van der Waals surface area contributed by atoms with Gasteiger partial charge in [-0.05, 0) is 43.4 Å². The van der Waals surface area contributed by atoms with Gasteiger partial charge in [-0.25, -0.2) is 4.79 Å². The average Bonchev–Trinajstić information content (AvgIpc) is 2.65. The maximum atomic E-state index is 12.4. The minimum atomic E-state index is -0.200. The van der Waals surface area contributed by atoms with Gasteiger partial charge >= 0.3 is 12.0 Å². The summed E-state index contributed by atoms with van der Waals surface area (Å²) in [4.78, 5) is 37.1. The van der Waals surface area contributed by atoms with Crippen molar-refractivity contribution >= 4 is 23.6 Å². The van der Waals surface area contributed by atoms with Crippen LogP contribution in [-0.4, -0.2) is 44.0 Å². The molecule has 1 saturated carbocycles. The molecule has 0 unspecified atom stereocenters. The number of ether oxygens (including phenoxy) is 1. The van der Waals surface area contributed by atoms with E-state index in [0.29, 0.717) is 37.9 Å². The number of methoxy groups -OCH3 is 1. The summed E-state index contributed by atoms with van der Waals surface area (Å²) in [7, 11) is 4.75. The molecule has 1 fully saturated rings. The quantitative estimate of drug-likeness (QED) is 0.788. The van der Waals surface area contributed by atoms with Gasteiger partial charge < -0.3 is 20.3 Å². The number of carbonyl (C=O) groups is 3. The Morgan fingerprint density at radius 2 is 1.77 bits per heavy atom. The van der Waals surface area contributed by atoms with Crippen molar-refractivity contribution < 1.29 is 19.1 Å². The van der Waals surface area contributed by atoms with Gasteiger partial charge in [0.05, 0.1) is 13.0 Å². The van der Waals surface area contributed by atoms with Gasteiger partial charge in [0.2, 0.25) is 5.91 Å². The lowest BCUT2D eigenvalue weighted by molar-refractivity contribution is -0.147. The van der Waals surface area contributed by atoms with Crippen LogP contribution in [0.15, 0.2) is 24.3 Å². The van der Waals surface area contributed by atoms with Crippen LogP contribution < -0.4 is 10.6 Å². The smallest absolute Gasteiger partial charge is 0.321 e. The van der Waals surface area contributed by atoms with Crippen molar-refractivity contribution in [2.75, 3.05) is 26.5 Å². The molecule has 0 heterocycles. The second kappa shape index (κ2) is 9.22. The number of nitrogens with zero attached hydrogens (tertiary/aromatic N) is 1. The van der Waals surface area contributed by atoms with E-state index in [1.165, 1.54) is 12.0 Å². The van der Waals surface area contributed by atoms with E-state index in [9.17, 15) is 14.4 Å². The first-order valence-corrected chi connectivity index (χ1v) is 8.83. The Hall–Kier alpha value is -2.57. The molecule has 0 saturated heterocycles. The Bertz CT molecular complexity index is 652. The van der Waals surface area contributed by atoms with Gasteiger partial charge in [-0.2, -0.15) is 0 Å². The summed E-state index contributed by atoms with van der Waals surface area (Å²) in [6.45, 7) is 0.404. The number of urea groups is 1. The Morgan fingerprint density at radius 1 is 1.12 bits per heavy atom. The fraction of sp³-hybridized carbons (Fsp3) is 0.526. The van der Waals surface area contributed by atoms with Crippen LogP contribution in [-0.2, 0) is 20.9 Å². The van der Waals surface area contributed by atoms with Crippen LogP contribution >= 0.6 is 0 Å². The molecule has 142 valence electrons. The third-order valence-corrected chi connectivity index (χ3v) is 4.68. The van der Waals surface area contributed by atoms with Crippen LogP contribution in [0.3, 0.4) is 0 Å². The van der Waals surface area contributed by atoms with Crippen LogP contribution in [0, 0.1) is 11.8 Å². The van der Waals surface area contributed by atoms with Crippen molar-refractivity contribution in [1.29, 1.82) is 0 Å². The third-order valence-electron chi connectivity index (χ3n) is 4.68. The van der Waals surface area contributed by atoms with E-state index in [-0.39, 0.29) is 29.7 Å². The van der Waals surface area contributed by atoms with Gasteiger partial charge in [-0.1, -0.05) is 12.1 Å². The number of anilines is 1. The molecular weight excluding hydrogens is 334 g/mol. The van der Waals surface area contributed by atoms with Crippen LogP contribution in [0.25, 0.3) is 0 Å². The van der Waals surface area contributed by atoms with E-state index in [4.69, 9.17) is 4.74 Å². The Labute approximate surface area is 154 Å². The molecule has 2 rings (SSSR count). The predicted octanol–water partition coefficient (Wildman–Crippen LogP) is 2.38. The highest BCUT2D eigenvalue weighted by atomic mass is 16.5. The molecule has 26 heavy (non-hydrogen) atoms. The standard InChI is InChI=1S/C19H27N3O4/c1-22(2)19(25)21-16-6-4-5-13(11-16)12-20-17(23)14-7-9-15(10-8-14)18(24)26-3/h4-6,11,14-15H,7-10,12H2,1-3H3,(H,20,23)(H,21,25). The van der Waals surface area contributed by atoms with Crippen LogP contribution in [0.2, 0.25) is 0 Å². The fourth-order valence-electron chi connectivity index (χ4n) is 3.09. The number of carbonyl (C=O) groups excluding carboxylic acids is 3. The summed E-state index contributed by atoms with van der Waals surface area (Å²) in [6, 6.07) is 7.19. The molecule has 1 aliphatic rings. The van der Waals surface area contributed by atoms with E-state index in [2.05, 4.69) is 10.6 Å². The van der Waals surface area contributed by atoms with Gasteiger partial charge in [-0.3, -0.25) is 9.59 Å². The fourth-order valence-corrected chi connectivity index (χ4v) is 3.09. The van der Waals surface area contributed by atoms with Gasteiger partial charge in [0.15, 0.2) is 0 Å². The predicted molar refractivity (Wildman–Crippen MR) is 98.5 cm³/mol. The molecular formula is C19H27N3O4. The van der Waals surface area contributed by atoms with E-state index < -0.39 is 0 Å². The zero-order chi connectivity index (χ0) is 19.1. The Balaban J connectivity index is 1.82. The molecule has 0 spiro atoms. The summed E-state index contributed by atoms with van der Waals surface area (Å²) < 4.78 is 4.77. The molecule has 7 nitrogen and oxygen atoms in total. The highest BCUT2D eigenvalue weighted by molar-refractivity contribution is 5.89. The molecule has 0 atom stereocenters. The minimum absolute atomic E-state index is 0.0102. The van der Waals surface area contributed by atoms with Crippen molar-refractivity contribution in [3.63, 3.8) is 0 Å². The van der Waals surface area contributed by atoms with Gasteiger partial charge in [0.25, 0.3) is 0 Å². The highest BCUT2D eigenvalue weighted by Gasteiger charge is 2.30. The molecule has 7 heteroatoms. The summed E-state index contributed by atoms with van der Waals surface area (Å²) in [5.41, 5.74) is 1.60. The monoisotopic (exact) mass is 361 g/mol. The Kier molecular flexibility index (Phi) is 7.00. The van der Waals surface area contributed by atoms with Crippen LogP contribution in [0.4, 0.5) is 10.5 Å². The molecule has 1 aromatic carbocycles. The molecule has 0 aliphatic heterocycles. The largest absolute Gasteiger partial charge is 0.469 e.